The summed E-state index contributed by atoms with van der Waals surface area (Å²) in [4.78, 5) is 2.32. The number of thioether (sulfide) groups is 1. The highest BCUT2D eigenvalue weighted by molar-refractivity contribution is 7.99. The van der Waals surface area contributed by atoms with Gasteiger partial charge in [0.1, 0.15) is 0 Å². The Labute approximate surface area is 102 Å². The van der Waals surface area contributed by atoms with Gasteiger partial charge >= 0.3 is 0 Å². The largest absolute Gasteiger partial charge is 0.389 e. The van der Waals surface area contributed by atoms with Crippen molar-refractivity contribution in [2.75, 3.05) is 23.5 Å². The molecule has 0 aliphatic carbocycles. The van der Waals surface area contributed by atoms with Crippen molar-refractivity contribution >= 4 is 17.4 Å². The second kappa shape index (κ2) is 5.11. The first-order valence-corrected chi connectivity index (χ1v) is 6.93. The normalized spacial score (nSPS) is 22.1. The van der Waals surface area contributed by atoms with E-state index in [1.165, 1.54) is 23.6 Å². The molecule has 1 heterocycles. The third-order valence-corrected chi connectivity index (χ3v) is 4.37. The van der Waals surface area contributed by atoms with E-state index in [9.17, 15) is 5.11 Å². The molecule has 1 aromatic rings. The number of nitrogens with zero attached hydrogens (tertiary/aromatic N) is 1. The summed E-state index contributed by atoms with van der Waals surface area (Å²) in [6.07, 6.45) is 0.850. The molecule has 1 N–H and O–H groups in total. The van der Waals surface area contributed by atoms with E-state index >= 15 is 0 Å². The SMILES string of the molecule is C[C@@H](O)c1ccccc1N(C)C1CCSC1. The van der Waals surface area contributed by atoms with Gasteiger partial charge in [0.15, 0.2) is 0 Å². The molecule has 1 fully saturated rings. The molecule has 1 unspecified atom stereocenters. The van der Waals surface area contributed by atoms with E-state index in [-0.39, 0.29) is 0 Å². The van der Waals surface area contributed by atoms with Gasteiger partial charge in [0.25, 0.3) is 0 Å². The van der Waals surface area contributed by atoms with Crippen molar-refractivity contribution in [1.82, 2.24) is 0 Å². The van der Waals surface area contributed by atoms with Crippen molar-refractivity contribution in [3.05, 3.63) is 29.8 Å². The fraction of sp³-hybridized carbons (Fsp3) is 0.538. The summed E-state index contributed by atoms with van der Waals surface area (Å²) in [6.45, 7) is 1.83. The number of rotatable bonds is 3. The topological polar surface area (TPSA) is 23.5 Å². The van der Waals surface area contributed by atoms with Crippen LogP contribution in [0.5, 0.6) is 0 Å². The first-order valence-electron chi connectivity index (χ1n) is 5.77. The highest BCUT2D eigenvalue weighted by Crippen LogP contribution is 2.30. The highest BCUT2D eigenvalue weighted by atomic mass is 32.2. The Morgan fingerprint density at radius 3 is 2.81 bits per heavy atom. The number of hydrogen-bond donors (Lipinski definition) is 1. The van der Waals surface area contributed by atoms with E-state index in [0.717, 1.165) is 5.56 Å². The summed E-state index contributed by atoms with van der Waals surface area (Å²) in [7, 11) is 2.14. The van der Waals surface area contributed by atoms with Gasteiger partial charge in [-0.2, -0.15) is 11.8 Å². The van der Waals surface area contributed by atoms with Gasteiger partial charge in [0.05, 0.1) is 6.10 Å². The molecular weight excluding hydrogens is 218 g/mol. The van der Waals surface area contributed by atoms with Crippen molar-refractivity contribution in [2.24, 2.45) is 0 Å². The minimum Gasteiger partial charge on any atom is -0.389 e. The van der Waals surface area contributed by atoms with Crippen LogP contribution < -0.4 is 4.90 Å². The Balaban J connectivity index is 2.24. The smallest absolute Gasteiger partial charge is 0.0781 e. The van der Waals surface area contributed by atoms with Gasteiger partial charge < -0.3 is 10.0 Å². The molecule has 0 bridgehead atoms. The van der Waals surface area contributed by atoms with Crippen molar-refractivity contribution in [2.45, 2.75) is 25.5 Å². The molecule has 0 amide bonds. The number of benzene rings is 1. The first kappa shape index (κ1) is 11.8. The van der Waals surface area contributed by atoms with Crippen molar-refractivity contribution in [1.29, 1.82) is 0 Å². The van der Waals surface area contributed by atoms with E-state index in [1.807, 2.05) is 36.9 Å². The molecule has 1 aliphatic rings. The van der Waals surface area contributed by atoms with Gasteiger partial charge in [0, 0.05) is 30.1 Å². The van der Waals surface area contributed by atoms with Crippen molar-refractivity contribution in [3.8, 4) is 0 Å². The van der Waals surface area contributed by atoms with Crippen LogP contribution in [-0.4, -0.2) is 29.7 Å². The summed E-state index contributed by atoms with van der Waals surface area (Å²) < 4.78 is 0. The predicted octanol–water partition coefficient (Wildman–Crippen LogP) is 2.68. The van der Waals surface area contributed by atoms with Gasteiger partial charge in [0.2, 0.25) is 0 Å². The van der Waals surface area contributed by atoms with Crippen LogP contribution in [0.25, 0.3) is 0 Å². The van der Waals surface area contributed by atoms with Crippen LogP contribution in [0.15, 0.2) is 24.3 Å². The number of hydrogen-bond acceptors (Lipinski definition) is 3. The molecule has 2 rings (SSSR count). The Bertz CT molecular complexity index is 348. The van der Waals surface area contributed by atoms with Crippen LogP contribution in [0.4, 0.5) is 5.69 Å². The molecule has 16 heavy (non-hydrogen) atoms. The first-order chi connectivity index (χ1) is 7.70. The molecule has 0 spiro atoms. The minimum absolute atomic E-state index is 0.396. The van der Waals surface area contributed by atoms with Gasteiger partial charge in [-0.1, -0.05) is 18.2 Å². The maximum atomic E-state index is 9.76. The molecule has 1 aliphatic heterocycles. The lowest BCUT2D eigenvalue weighted by molar-refractivity contribution is 0.199. The maximum absolute atomic E-state index is 9.76. The Morgan fingerprint density at radius 1 is 1.44 bits per heavy atom. The van der Waals surface area contributed by atoms with Gasteiger partial charge in [-0.25, -0.2) is 0 Å². The second-order valence-corrected chi connectivity index (χ2v) is 5.51. The van der Waals surface area contributed by atoms with E-state index in [1.54, 1.807) is 0 Å². The van der Waals surface area contributed by atoms with Gasteiger partial charge in [-0.05, 0) is 25.2 Å². The zero-order chi connectivity index (χ0) is 11.5. The lowest BCUT2D eigenvalue weighted by Crippen LogP contribution is -2.32. The molecular formula is C13H19NOS. The Hall–Kier alpha value is -0.670. The van der Waals surface area contributed by atoms with Crippen LogP contribution in [0.2, 0.25) is 0 Å². The summed E-state index contributed by atoms with van der Waals surface area (Å²) in [5.74, 6) is 2.45. The Morgan fingerprint density at radius 2 is 2.19 bits per heavy atom. The standard InChI is InChI=1S/C13H19NOS/c1-10(15)12-5-3-4-6-13(12)14(2)11-7-8-16-9-11/h3-6,10-11,15H,7-9H2,1-2H3/t10-,11?/m1/s1. The number of anilines is 1. The summed E-state index contributed by atoms with van der Waals surface area (Å²) in [5.41, 5.74) is 2.20. The molecule has 1 aromatic carbocycles. The molecule has 0 aromatic heterocycles. The van der Waals surface area contributed by atoms with E-state index in [0.29, 0.717) is 6.04 Å². The summed E-state index contributed by atoms with van der Waals surface area (Å²) >= 11 is 2.02. The van der Waals surface area contributed by atoms with E-state index in [4.69, 9.17) is 0 Å². The monoisotopic (exact) mass is 237 g/mol. The maximum Gasteiger partial charge on any atom is 0.0781 e. The molecule has 2 nitrogen and oxygen atoms in total. The lowest BCUT2D eigenvalue weighted by atomic mass is 10.1. The molecule has 2 atom stereocenters. The van der Waals surface area contributed by atoms with Gasteiger partial charge in [-0.3, -0.25) is 0 Å². The number of para-hydroxylation sites is 1. The third kappa shape index (κ3) is 2.36. The summed E-state index contributed by atoms with van der Waals surface area (Å²) in [5, 5.41) is 9.76. The highest BCUT2D eigenvalue weighted by Gasteiger charge is 2.22. The average molecular weight is 237 g/mol. The van der Waals surface area contributed by atoms with Crippen LogP contribution in [-0.2, 0) is 0 Å². The zero-order valence-electron chi connectivity index (χ0n) is 9.89. The average Bonchev–Trinajstić information content (AvgIpc) is 2.81. The quantitative estimate of drug-likeness (QED) is 0.874. The number of aliphatic hydroxyl groups excluding tert-OH is 1. The Kier molecular flexibility index (Phi) is 3.77. The van der Waals surface area contributed by atoms with Crippen molar-refractivity contribution in [3.63, 3.8) is 0 Å². The van der Waals surface area contributed by atoms with Gasteiger partial charge in [-0.15, -0.1) is 0 Å². The van der Waals surface area contributed by atoms with Crippen LogP contribution >= 0.6 is 11.8 Å². The van der Waals surface area contributed by atoms with Crippen LogP contribution in [0.3, 0.4) is 0 Å². The van der Waals surface area contributed by atoms with E-state index in [2.05, 4.69) is 18.0 Å². The van der Waals surface area contributed by atoms with Crippen LogP contribution in [0.1, 0.15) is 25.0 Å². The second-order valence-electron chi connectivity index (χ2n) is 4.36. The molecule has 1 saturated heterocycles. The summed E-state index contributed by atoms with van der Waals surface area (Å²) in [6, 6.07) is 8.76. The molecule has 0 radical (unpaired) electrons. The molecule has 3 heteroatoms. The molecule has 0 saturated carbocycles. The molecule has 88 valence electrons. The van der Waals surface area contributed by atoms with E-state index < -0.39 is 6.10 Å². The van der Waals surface area contributed by atoms with Crippen molar-refractivity contribution < 1.29 is 5.11 Å². The fourth-order valence-corrected chi connectivity index (χ4v) is 3.45. The minimum atomic E-state index is -0.396. The predicted molar refractivity (Wildman–Crippen MR) is 71.2 cm³/mol. The van der Waals surface area contributed by atoms with Crippen LogP contribution in [0, 0.1) is 0 Å². The fourth-order valence-electron chi connectivity index (χ4n) is 2.19. The zero-order valence-corrected chi connectivity index (χ0v) is 10.7. The third-order valence-electron chi connectivity index (χ3n) is 3.22. The number of aliphatic hydroxyl groups is 1. The lowest BCUT2D eigenvalue weighted by Gasteiger charge is -2.29.